The number of aromatic nitrogens is 1. The van der Waals surface area contributed by atoms with Gasteiger partial charge in [0.05, 0.1) is 28.5 Å². The number of rotatable bonds is 2. The summed E-state index contributed by atoms with van der Waals surface area (Å²) in [5, 5.41) is 3.37. The molecule has 2 aliphatic heterocycles. The molecular weight excluding hydrogens is 594 g/mol. The number of aliphatic imine (C=N–C) groups is 1. The Balaban J connectivity index is 0.000000162. The fraction of sp³-hybridized carbons (Fsp3) is 0.100. The van der Waals surface area contributed by atoms with Crippen LogP contribution in [0.4, 0.5) is 22.7 Å². The average molecular weight is 617 g/mol. The number of hydrogen-bond acceptors (Lipinski definition) is 5. The first-order valence-corrected chi connectivity index (χ1v) is 13.5. The van der Waals surface area contributed by atoms with Crippen LogP contribution in [0.3, 0.4) is 0 Å². The van der Waals surface area contributed by atoms with Crippen LogP contribution in [0.2, 0.25) is 5.02 Å². The van der Waals surface area contributed by atoms with Crippen molar-refractivity contribution in [1.82, 2.24) is 4.98 Å². The number of benzodiazepines with no additional fused rings is 1. The van der Waals surface area contributed by atoms with E-state index in [9.17, 15) is 14.4 Å². The second-order valence-corrected chi connectivity index (χ2v) is 10.3. The second kappa shape index (κ2) is 11.8. The van der Waals surface area contributed by atoms with Crippen LogP contribution in [0.1, 0.15) is 17.7 Å². The molecule has 8 nitrogen and oxygen atoms in total. The zero-order valence-corrected chi connectivity index (χ0v) is 23.7. The smallest absolute Gasteiger partial charge is 0.246 e. The zero-order chi connectivity index (χ0) is 28.2. The molecular formula is C30H23BrClN5O3. The Morgan fingerprint density at radius 3 is 2.40 bits per heavy atom. The fourth-order valence-electron chi connectivity index (χ4n) is 4.38. The molecule has 0 atom stereocenters. The number of amides is 3. The minimum absolute atomic E-state index is 0.109. The number of benzene rings is 3. The Bertz CT molecular complexity index is 1630. The topological polar surface area (TPSA) is 95.0 Å². The van der Waals surface area contributed by atoms with E-state index in [-0.39, 0.29) is 30.7 Å². The Hall–Kier alpha value is -4.34. The molecule has 0 spiro atoms. The molecule has 0 aliphatic carbocycles. The molecule has 0 saturated carbocycles. The van der Waals surface area contributed by atoms with Gasteiger partial charge < -0.3 is 10.2 Å². The maximum Gasteiger partial charge on any atom is 0.246 e. The van der Waals surface area contributed by atoms with E-state index in [2.05, 4.69) is 31.2 Å². The van der Waals surface area contributed by atoms with E-state index in [1.54, 1.807) is 36.3 Å². The average Bonchev–Trinajstić information content (AvgIpc) is 3.17. The molecule has 6 rings (SSSR count). The molecule has 3 heterocycles. The van der Waals surface area contributed by atoms with E-state index in [4.69, 9.17) is 11.6 Å². The van der Waals surface area contributed by atoms with Gasteiger partial charge in [0.25, 0.3) is 0 Å². The lowest BCUT2D eigenvalue weighted by Crippen LogP contribution is -2.28. The van der Waals surface area contributed by atoms with Crippen LogP contribution >= 0.6 is 27.5 Å². The van der Waals surface area contributed by atoms with Crippen LogP contribution < -0.4 is 15.1 Å². The molecule has 2 aliphatic rings. The number of halogens is 2. The SMILES string of the molecule is CN1C(=O)CC(=O)N(c2ccccc2)c2cc(Cl)ccc21.O=C1CN=C(c2ccccn2)c2cc(Br)ccc2N1. The minimum atomic E-state index is -0.265. The molecule has 1 aromatic heterocycles. The number of anilines is 4. The zero-order valence-electron chi connectivity index (χ0n) is 21.3. The van der Waals surface area contributed by atoms with Gasteiger partial charge in [-0.2, -0.15) is 0 Å². The highest BCUT2D eigenvalue weighted by atomic mass is 79.9. The van der Waals surface area contributed by atoms with Crippen LogP contribution in [0, 0.1) is 0 Å². The van der Waals surface area contributed by atoms with Crippen molar-refractivity contribution in [2.75, 3.05) is 28.7 Å². The third kappa shape index (κ3) is 5.80. The second-order valence-electron chi connectivity index (χ2n) is 8.95. The van der Waals surface area contributed by atoms with Crippen molar-refractivity contribution in [3.05, 3.63) is 112 Å². The van der Waals surface area contributed by atoms with E-state index in [1.807, 2.05) is 66.7 Å². The van der Waals surface area contributed by atoms with E-state index in [0.29, 0.717) is 22.1 Å². The van der Waals surface area contributed by atoms with Crippen LogP contribution in [0.25, 0.3) is 0 Å². The molecule has 3 amide bonds. The van der Waals surface area contributed by atoms with Gasteiger partial charge in [-0.25, -0.2) is 0 Å². The molecule has 0 fully saturated rings. The summed E-state index contributed by atoms with van der Waals surface area (Å²) < 4.78 is 0.936. The summed E-state index contributed by atoms with van der Waals surface area (Å²) >= 11 is 9.52. The number of carbonyl (C=O) groups excluding carboxylic acids is 3. The Morgan fingerprint density at radius 2 is 1.65 bits per heavy atom. The van der Waals surface area contributed by atoms with Gasteiger partial charge in [-0.05, 0) is 60.7 Å². The summed E-state index contributed by atoms with van der Waals surface area (Å²) in [5.74, 6) is -0.615. The van der Waals surface area contributed by atoms with Gasteiger partial charge in [0.2, 0.25) is 17.7 Å². The lowest BCUT2D eigenvalue weighted by atomic mass is 10.0. The first kappa shape index (κ1) is 27.2. The lowest BCUT2D eigenvalue weighted by molar-refractivity contribution is -0.125. The molecule has 0 saturated heterocycles. The standard InChI is InChI=1S/C16H13ClN2O2.C14H10BrN3O/c1-18-13-8-7-11(17)9-14(13)19(16(21)10-15(18)20)12-5-3-2-4-6-12;15-9-4-5-11-10(7-9)14(17-8-13(19)18-11)12-3-1-2-6-16-12/h2-9H,10H2,1H3;1-7H,8H2,(H,18,19). The van der Waals surface area contributed by atoms with E-state index in [0.717, 1.165) is 27.1 Å². The van der Waals surface area contributed by atoms with Crippen molar-refractivity contribution in [3.63, 3.8) is 0 Å². The van der Waals surface area contributed by atoms with Gasteiger partial charge in [-0.1, -0.05) is 51.8 Å². The monoisotopic (exact) mass is 615 g/mol. The highest BCUT2D eigenvalue weighted by Crippen LogP contribution is 2.39. The maximum atomic E-state index is 12.5. The van der Waals surface area contributed by atoms with Gasteiger partial charge in [-0.15, -0.1) is 0 Å². The maximum absolute atomic E-state index is 12.5. The van der Waals surface area contributed by atoms with E-state index in [1.165, 1.54) is 4.90 Å². The summed E-state index contributed by atoms with van der Waals surface area (Å²) in [6.07, 6.45) is 1.55. The summed E-state index contributed by atoms with van der Waals surface area (Å²) in [5.41, 5.74) is 5.13. The van der Waals surface area contributed by atoms with Gasteiger partial charge >= 0.3 is 0 Å². The Kier molecular flexibility index (Phi) is 8.04. The molecule has 40 heavy (non-hydrogen) atoms. The van der Waals surface area contributed by atoms with Crippen molar-refractivity contribution in [3.8, 4) is 0 Å². The molecule has 4 aromatic rings. The van der Waals surface area contributed by atoms with Gasteiger partial charge in [0.1, 0.15) is 13.0 Å². The van der Waals surface area contributed by atoms with Crippen LogP contribution in [-0.4, -0.2) is 42.0 Å². The number of pyridine rings is 1. The minimum Gasteiger partial charge on any atom is -0.324 e. The molecule has 3 aromatic carbocycles. The first-order valence-electron chi connectivity index (χ1n) is 12.3. The summed E-state index contributed by atoms with van der Waals surface area (Å²) in [7, 11) is 1.66. The predicted octanol–water partition coefficient (Wildman–Crippen LogP) is 6.00. The van der Waals surface area contributed by atoms with Crippen LogP contribution in [-0.2, 0) is 14.4 Å². The molecule has 10 heteroatoms. The van der Waals surface area contributed by atoms with E-state index >= 15 is 0 Å². The van der Waals surface area contributed by atoms with Gasteiger partial charge in [0, 0.05) is 34.0 Å². The number of hydrogen-bond donors (Lipinski definition) is 1. The first-order chi connectivity index (χ1) is 19.3. The third-order valence-electron chi connectivity index (χ3n) is 6.28. The van der Waals surface area contributed by atoms with Crippen molar-refractivity contribution in [2.45, 2.75) is 6.42 Å². The highest BCUT2D eigenvalue weighted by Gasteiger charge is 2.30. The largest absolute Gasteiger partial charge is 0.324 e. The molecule has 0 bridgehead atoms. The van der Waals surface area contributed by atoms with Gasteiger partial charge in [0.15, 0.2) is 0 Å². The normalized spacial score (nSPS) is 14.6. The number of carbonyl (C=O) groups is 3. The molecule has 0 unspecified atom stereocenters. The Labute approximate surface area is 244 Å². The summed E-state index contributed by atoms with van der Waals surface area (Å²) in [6, 6.07) is 25.7. The van der Waals surface area contributed by atoms with Crippen molar-refractivity contribution in [1.29, 1.82) is 0 Å². The highest BCUT2D eigenvalue weighted by molar-refractivity contribution is 9.10. The molecule has 200 valence electrons. The number of nitrogens with one attached hydrogen (secondary N) is 1. The predicted molar refractivity (Wildman–Crippen MR) is 161 cm³/mol. The van der Waals surface area contributed by atoms with Crippen molar-refractivity contribution < 1.29 is 14.4 Å². The lowest BCUT2D eigenvalue weighted by Gasteiger charge is -2.24. The summed E-state index contributed by atoms with van der Waals surface area (Å²) in [4.78, 5) is 48.0. The number of nitrogens with zero attached hydrogens (tertiary/aromatic N) is 4. The Morgan fingerprint density at radius 1 is 0.875 bits per heavy atom. The van der Waals surface area contributed by atoms with Crippen molar-refractivity contribution >= 4 is 73.7 Å². The van der Waals surface area contributed by atoms with Gasteiger partial charge in [-0.3, -0.25) is 29.3 Å². The van der Waals surface area contributed by atoms with Crippen LogP contribution in [0.15, 0.2) is 101 Å². The quantitative estimate of drug-likeness (QED) is 0.279. The number of para-hydroxylation sites is 1. The molecule has 1 N–H and O–H groups in total. The number of fused-ring (bicyclic) bond motifs is 2. The summed E-state index contributed by atoms with van der Waals surface area (Å²) in [6.45, 7) is 0.109. The fourth-order valence-corrected chi connectivity index (χ4v) is 4.91. The van der Waals surface area contributed by atoms with E-state index < -0.39 is 0 Å². The molecule has 0 radical (unpaired) electrons. The van der Waals surface area contributed by atoms with Crippen LogP contribution in [0.5, 0.6) is 0 Å². The van der Waals surface area contributed by atoms with Crippen molar-refractivity contribution in [2.24, 2.45) is 4.99 Å². The third-order valence-corrected chi connectivity index (χ3v) is 7.01.